The number of fused-ring (bicyclic) bond motifs is 1. The summed E-state index contributed by atoms with van der Waals surface area (Å²) >= 11 is 0. The Morgan fingerprint density at radius 3 is 2.80 bits per heavy atom. The van der Waals surface area contributed by atoms with Gasteiger partial charge in [-0.2, -0.15) is 0 Å². The largest absolute Gasteiger partial charge is 0.372 e. The summed E-state index contributed by atoms with van der Waals surface area (Å²) in [5.74, 6) is 1.51. The van der Waals surface area contributed by atoms with Gasteiger partial charge in [0.1, 0.15) is 6.61 Å². The van der Waals surface area contributed by atoms with Gasteiger partial charge in [0.15, 0.2) is 0 Å². The van der Waals surface area contributed by atoms with E-state index in [1.54, 1.807) is 19.0 Å². The summed E-state index contributed by atoms with van der Waals surface area (Å²) in [6, 6.07) is 4.42. The van der Waals surface area contributed by atoms with Gasteiger partial charge in [-0.3, -0.25) is 9.69 Å². The molecule has 1 amide bonds. The van der Waals surface area contributed by atoms with E-state index in [1.807, 2.05) is 0 Å². The second-order valence-electron chi connectivity index (χ2n) is 7.99. The smallest absolute Gasteiger partial charge is 0.248 e. The average molecular weight is 348 g/mol. The fraction of sp³-hybridized carbons (Fsp3) is 0.750. The first-order chi connectivity index (χ1) is 12.1. The average Bonchev–Trinajstić information content (AvgIpc) is 3.20. The molecule has 0 unspecified atom stereocenters. The van der Waals surface area contributed by atoms with E-state index < -0.39 is 0 Å². The van der Waals surface area contributed by atoms with Crippen LogP contribution in [-0.4, -0.2) is 60.7 Å². The van der Waals surface area contributed by atoms with Gasteiger partial charge in [-0.05, 0) is 43.2 Å². The number of likely N-dealkylation sites (N-methyl/N-ethyl adjacent to an activating group) is 1. The van der Waals surface area contributed by atoms with Crippen LogP contribution in [0.15, 0.2) is 18.3 Å². The SMILES string of the molecule is CN(C)C(=O)COCC[C@H]1CN(CC2CCCC2)Cc2cccn2C1. The van der Waals surface area contributed by atoms with E-state index in [2.05, 4.69) is 27.8 Å². The van der Waals surface area contributed by atoms with Crippen molar-refractivity contribution >= 4 is 5.91 Å². The molecule has 1 aromatic rings. The third-order valence-electron chi connectivity index (χ3n) is 5.67. The van der Waals surface area contributed by atoms with Crippen LogP contribution < -0.4 is 0 Å². The molecule has 1 aliphatic carbocycles. The maximum atomic E-state index is 11.6. The van der Waals surface area contributed by atoms with Crippen LogP contribution in [0.4, 0.5) is 0 Å². The molecular weight excluding hydrogens is 314 g/mol. The van der Waals surface area contributed by atoms with Crippen LogP contribution in [0.2, 0.25) is 0 Å². The molecule has 1 aliphatic heterocycles. The molecule has 5 heteroatoms. The van der Waals surface area contributed by atoms with Crippen molar-refractivity contribution in [3.05, 3.63) is 24.0 Å². The molecule has 0 spiro atoms. The number of aromatic nitrogens is 1. The van der Waals surface area contributed by atoms with Gasteiger partial charge in [0.25, 0.3) is 0 Å². The molecule has 0 N–H and O–H groups in total. The standard InChI is InChI=1S/C20H33N3O2/c1-21(2)20(24)16-25-11-9-18-13-22(12-17-6-3-4-7-17)15-19-8-5-10-23(19)14-18/h5,8,10,17-18H,3-4,6-7,9,11-16H2,1-2H3/t18-/m0/s1. The summed E-state index contributed by atoms with van der Waals surface area (Å²) < 4.78 is 8.03. The van der Waals surface area contributed by atoms with Crippen molar-refractivity contribution in [1.29, 1.82) is 0 Å². The molecule has 5 nitrogen and oxygen atoms in total. The number of carbonyl (C=O) groups excluding carboxylic acids is 1. The Bertz CT molecular complexity index is 549. The highest BCUT2D eigenvalue weighted by molar-refractivity contribution is 5.76. The van der Waals surface area contributed by atoms with Gasteiger partial charge in [-0.1, -0.05) is 12.8 Å². The monoisotopic (exact) mass is 347 g/mol. The summed E-state index contributed by atoms with van der Waals surface area (Å²) in [5.41, 5.74) is 1.43. The van der Waals surface area contributed by atoms with Crippen molar-refractivity contribution in [3.63, 3.8) is 0 Å². The maximum absolute atomic E-state index is 11.6. The van der Waals surface area contributed by atoms with Gasteiger partial charge < -0.3 is 14.2 Å². The molecule has 0 radical (unpaired) electrons. The number of hydrogen-bond donors (Lipinski definition) is 0. The van der Waals surface area contributed by atoms with Gasteiger partial charge in [0.2, 0.25) is 5.91 Å². The molecule has 1 saturated carbocycles. The van der Waals surface area contributed by atoms with E-state index in [0.29, 0.717) is 12.5 Å². The quantitative estimate of drug-likeness (QED) is 0.712. The molecule has 2 aliphatic rings. The summed E-state index contributed by atoms with van der Waals surface area (Å²) in [5, 5.41) is 0. The Labute approximate surface area is 151 Å². The second-order valence-corrected chi connectivity index (χ2v) is 7.99. The molecular formula is C20H33N3O2. The van der Waals surface area contributed by atoms with Gasteiger partial charge in [-0.25, -0.2) is 0 Å². The molecule has 1 aromatic heterocycles. The summed E-state index contributed by atoms with van der Waals surface area (Å²) in [4.78, 5) is 15.9. The number of nitrogens with zero attached hydrogens (tertiary/aromatic N) is 3. The lowest BCUT2D eigenvalue weighted by molar-refractivity contribution is -0.133. The highest BCUT2D eigenvalue weighted by Crippen LogP contribution is 2.28. The van der Waals surface area contributed by atoms with Crippen LogP contribution in [0.3, 0.4) is 0 Å². The molecule has 2 heterocycles. The Balaban J connectivity index is 1.52. The van der Waals surface area contributed by atoms with Crippen LogP contribution in [0.5, 0.6) is 0 Å². The van der Waals surface area contributed by atoms with Crippen LogP contribution in [0.1, 0.15) is 37.8 Å². The predicted molar refractivity (Wildman–Crippen MR) is 99.3 cm³/mol. The highest BCUT2D eigenvalue weighted by atomic mass is 16.5. The first-order valence-electron chi connectivity index (χ1n) is 9.76. The minimum atomic E-state index is 0.0384. The topological polar surface area (TPSA) is 37.7 Å². The van der Waals surface area contributed by atoms with Crippen molar-refractivity contribution in [3.8, 4) is 0 Å². The van der Waals surface area contributed by atoms with Crippen LogP contribution in [0.25, 0.3) is 0 Å². The van der Waals surface area contributed by atoms with E-state index in [-0.39, 0.29) is 12.5 Å². The maximum Gasteiger partial charge on any atom is 0.248 e. The molecule has 3 rings (SSSR count). The zero-order valence-corrected chi connectivity index (χ0v) is 15.8. The molecule has 0 bridgehead atoms. The zero-order valence-electron chi connectivity index (χ0n) is 15.8. The third kappa shape index (κ3) is 5.32. The van der Waals surface area contributed by atoms with E-state index in [1.165, 1.54) is 37.9 Å². The number of ether oxygens (including phenoxy) is 1. The lowest BCUT2D eigenvalue weighted by Gasteiger charge is -2.26. The summed E-state index contributed by atoms with van der Waals surface area (Å²) in [6.07, 6.45) is 8.84. The minimum absolute atomic E-state index is 0.0384. The van der Waals surface area contributed by atoms with Crippen molar-refractivity contribution in [2.24, 2.45) is 11.8 Å². The second kappa shape index (κ2) is 8.86. The van der Waals surface area contributed by atoms with Crippen LogP contribution >= 0.6 is 0 Å². The van der Waals surface area contributed by atoms with Crippen molar-refractivity contribution in [2.75, 3.05) is 40.4 Å². The first kappa shape index (κ1) is 18.5. The predicted octanol–water partition coefficient (Wildman–Crippen LogP) is 2.60. The number of carbonyl (C=O) groups is 1. The fourth-order valence-corrected chi connectivity index (χ4v) is 4.18. The van der Waals surface area contributed by atoms with E-state index in [0.717, 1.165) is 32.0 Å². The Kier molecular flexibility index (Phi) is 6.54. The van der Waals surface area contributed by atoms with E-state index >= 15 is 0 Å². The normalized spacial score (nSPS) is 21.9. The Morgan fingerprint density at radius 2 is 2.04 bits per heavy atom. The van der Waals surface area contributed by atoms with Crippen LogP contribution in [-0.2, 0) is 22.6 Å². The number of rotatable bonds is 7. The molecule has 1 atom stereocenters. The highest BCUT2D eigenvalue weighted by Gasteiger charge is 2.25. The Morgan fingerprint density at radius 1 is 1.24 bits per heavy atom. The minimum Gasteiger partial charge on any atom is -0.372 e. The lowest BCUT2D eigenvalue weighted by atomic mass is 10.0. The van der Waals surface area contributed by atoms with Crippen molar-refractivity contribution in [1.82, 2.24) is 14.4 Å². The fourth-order valence-electron chi connectivity index (χ4n) is 4.18. The molecule has 25 heavy (non-hydrogen) atoms. The lowest BCUT2D eigenvalue weighted by Crippen LogP contribution is -2.32. The Hall–Kier alpha value is -1.33. The van der Waals surface area contributed by atoms with E-state index in [9.17, 15) is 4.79 Å². The molecule has 1 fully saturated rings. The van der Waals surface area contributed by atoms with Gasteiger partial charge in [-0.15, -0.1) is 0 Å². The van der Waals surface area contributed by atoms with Gasteiger partial charge in [0.05, 0.1) is 0 Å². The number of amides is 1. The number of hydrogen-bond acceptors (Lipinski definition) is 3. The summed E-state index contributed by atoms with van der Waals surface area (Å²) in [6.45, 7) is 5.37. The van der Waals surface area contributed by atoms with Gasteiger partial charge in [0, 0.05) is 58.8 Å². The zero-order chi connectivity index (χ0) is 17.6. The molecule has 0 aromatic carbocycles. The first-order valence-corrected chi connectivity index (χ1v) is 9.76. The van der Waals surface area contributed by atoms with E-state index in [4.69, 9.17) is 4.74 Å². The van der Waals surface area contributed by atoms with Gasteiger partial charge >= 0.3 is 0 Å². The molecule has 0 saturated heterocycles. The third-order valence-corrected chi connectivity index (χ3v) is 5.67. The van der Waals surface area contributed by atoms with Crippen molar-refractivity contribution < 1.29 is 9.53 Å². The summed E-state index contributed by atoms with van der Waals surface area (Å²) in [7, 11) is 3.54. The molecule has 140 valence electrons. The van der Waals surface area contributed by atoms with Crippen molar-refractivity contribution in [2.45, 2.75) is 45.2 Å². The van der Waals surface area contributed by atoms with Crippen LogP contribution in [0, 0.1) is 11.8 Å².